The number of nitrogens with two attached hydrogens (primary N) is 1. The van der Waals surface area contributed by atoms with Crippen molar-refractivity contribution in [3.63, 3.8) is 0 Å². The Kier molecular flexibility index (Phi) is 3.28. The predicted molar refractivity (Wildman–Crippen MR) is 81.3 cm³/mol. The third-order valence-corrected chi connectivity index (χ3v) is 4.61. The third-order valence-electron chi connectivity index (χ3n) is 4.61. The average molecular weight is 270 g/mol. The van der Waals surface area contributed by atoms with Crippen LogP contribution in [-0.2, 0) is 0 Å². The minimum absolute atomic E-state index is 0.395. The summed E-state index contributed by atoms with van der Waals surface area (Å²) >= 11 is 0. The lowest BCUT2D eigenvalue weighted by atomic mass is 9.71. The van der Waals surface area contributed by atoms with Crippen LogP contribution < -0.4 is 5.73 Å². The lowest BCUT2D eigenvalue weighted by Crippen LogP contribution is -2.20. The molecule has 0 radical (unpaired) electrons. The molecule has 3 nitrogen and oxygen atoms in total. The van der Waals surface area contributed by atoms with E-state index in [4.69, 9.17) is 10.3 Å². The maximum atomic E-state index is 5.81. The lowest BCUT2D eigenvalue weighted by molar-refractivity contribution is 0.224. The summed E-state index contributed by atoms with van der Waals surface area (Å²) in [5, 5.41) is 3.76. The molecule has 0 unspecified atom stereocenters. The lowest BCUT2D eigenvalue weighted by Gasteiger charge is -2.34. The van der Waals surface area contributed by atoms with Gasteiger partial charge in [-0.25, -0.2) is 0 Å². The van der Waals surface area contributed by atoms with E-state index in [1.165, 1.54) is 31.2 Å². The molecule has 3 heteroatoms. The van der Waals surface area contributed by atoms with Crippen LogP contribution in [0.4, 0.5) is 5.88 Å². The van der Waals surface area contributed by atoms with Crippen LogP contribution in [0.3, 0.4) is 0 Å². The van der Waals surface area contributed by atoms with Gasteiger partial charge >= 0.3 is 0 Å². The first-order chi connectivity index (χ1) is 9.55. The smallest absolute Gasteiger partial charge is 0.229 e. The summed E-state index contributed by atoms with van der Waals surface area (Å²) < 4.78 is 4.96. The Hall–Kier alpha value is -1.77. The highest BCUT2D eigenvalue weighted by molar-refractivity contribution is 5.72. The summed E-state index contributed by atoms with van der Waals surface area (Å²) in [7, 11) is 0. The van der Waals surface area contributed by atoms with Crippen molar-refractivity contribution in [2.75, 3.05) is 5.73 Å². The number of hydrogen-bond donors (Lipinski definition) is 1. The second kappa shape index (κ2) is 4.97. The largest absolute Gasteiger partial charge is 0.367 e. The van der Waals surface area contributed by atoms with Crippen molar-refractivity contribution >= 4 is 5.88 Å². The van der Waals surface area contributed by atoms with Crippen LogP contribution >= 0.6 is 0 Å². The standard InChI is InChI=1S/C17H22N2O/c1-17(2)8-6-12(7-9-17)13-4-3-5-14(10-13)15-11-19-20-16(15)18/h3-5,10-12H,6-9,18H2,1-2H3. The molecule has 1 aliphatic carbocycles. The van der Waals surface area contributed by atoms with Crippen molar-refractivity contribution in [2.45, 2.75) is 45.4 Å². The minimum atomic E-state index is 0.395. The Morgan fingerprint density at radius 3 is 2.65 bits per heavy atom. The molecule has 106 valence electrons. The van der Waals surface area contributed by atoms with E-state index in [9.17, 15) is 0 Å². The number of rotatable bonds is 2. The Morgan fingerprint density at radius 2 is 2.00 bits per heavy atom. The van der Waals surface area contributed by atoms with Gasteiger partial charge in [0.1, 0.15) is 0 Å². The van der Waals surface area contributed by atoms with Gasteiger partial charge in [-0.1, -0.05) is 43.3 Å². The maximum absolute atomic E-state index is 5.81. The number of benzene rings is 1. The Balaban J connectivity index is 1.84. The van der Waals surface area contributed by atoms with Crippen LogP contribution in [-0.4, -0.2) is 5.16 Å². The fourth-order valence-electron chi connectivity index (χ4n) is 3.16. The van der Waals surface area contributed by atoms with Crippen molar-refractivity contribution < 1.29 is 4.52 Å². The van der Waals surface area contributed by atoms with Crippen molar-refractivity contribution in [2.24, 2.45) is 5.41 Å². The van der Waals surface area contributed by atoms with Crippen LogP contribution in [0.1, 0.15) is 51.0 Å². The zero-order valence-electron chi connectivity index (χ0n) is 12.2. The van der Waals surface area contributed by atoms with Crippen molar-refractivity contribution in [1.82, 2.24) is 5.16 Å². The molecule has 0 spiro atoms. The van der Waals surface area contributed by atoms with Gasteiger partial charge in [0.15, 0.2) is 0 Å². The van der Waals surface area contributed by atoms with Gasteiger partial charge in [-0.3, -0.25) is 0 Å². The van der Waals surface area contributed by atoms with Gasteiger partial charge in [0.05, 0.1) is 11.8 Å². The van der Waals surface area contributed by atoms with Crippen LogP contribution in [0.5, 0.6) is 0 Å². The van der Waals surface area contributed by atoms with Crippen LogP contribution in [0.25, 0.3) is 11.1 Å². The van der Waals surface area contributed by atoms with E-state index >= 15 is 0 Å². The predicted octanol–water partition coefficient (Wildman–Crippen LogP) is 4.61. The summed E-state index contributed by atoms with van der Waals surface area (Å²) in [6.07, 6.45) is 6.85. The fourth-order valence-corrected chi connectivity index (χ4v) is 3.16. The van der Waals surface area contributed by atoms with Gasteiger partial charge in [0, 0.05) is 0 Å². The number of hydrogen-bond acceptors (Lipinski definition) is 3. The first-order valence-electron chi connectivity index (χ1n) is 7.36. The molecular formula is C17H22N2O. The topological polar surface area (TPSA) is 52.0 Å². The molecule has 1 heterocycles. The first-order valence-corrected chi connectivity index (χ1v) is 7.36. The van der Waals surface area contributed by atoms with Crippen LogP contribution in [0.2, 0.25) is 0 Å². The van der Waals surface area contributed by atoms with Gasteiger partial charge in [-0.05, 0) is 48.1 Å². The van der Waals surface area contributed by atoms with E-state index in [1.54, 1.807) is 6.20 Å². The molecule has 1 aromatic heterocycles. The zero-order valence-corrected chi connectivity index (χ0v) is 12.2. The highest BCUT2D eigenvalue weighted by Gasteiger charge is 2.27. The van der Waals surface area contributed by atoms with E-state index in [1.807, 2.05) is 0 Å². The van der Waals surface area contributed by atoms with Gasteiger partial charge in [0.2, 0.25) is 5.88 Å². The molecule has 1 saturated carbocycles. The third kappa shape index (κ3) is 2.58. The van der Waals surface area contributed by atoms with Gasteiger partial charge in [-0.15, -0.1) is 0 Å². The van der Waals surface area contributed by atoms with Crippen molar-refractivity contribution in [1.29, 1.82) is 0 Å². The van der Waals surface area contributed by atoms with Crippen molar-refractivity contribution in [3.05, 3.63) is 36.0 Å². The monoisotopic (exact) mass is 270 g/mol. The summed E-state index contributed by atoms with van der Waals surface area (Å²) in [4.78, 5) is 0. The normalized spacial score (nSPS) is 19.1. The molecule has 3 rings (SSSR count). The summed E-state index contributed by atoms with van der Waals surface area (Å²) in [5.41, 5.74) is 9.72. The Bertz CT molecular complexity index is 591. The highest BCUT2D eigenvalue weighted by atomic mass is 16.5. The molecule has 2 aromatic rings. The van der Waals surface area contributed by atoms with Crippen LogP contribution in [0, 0.1) is 5.41 Å². The molecule has 0 saturated heterocycles. The number of nitrogen functional groups attached to an aromatic ring is 1. The molecule has 1 aliphatic rings. The quantitative estimate of drug-likeness (QED) is 0.867. The molecule has 0 amide bonds. The number of aromatic nitrogens is 1. The van der Waals surface area contributed by atoms with Gasteiger partial charge in [0.25, 0.3) is 0 Å². The minimum Gasteiger partial charge on any atom is -0.367 e. The molecule has 0 bridgehead atoms. The van der Waals surface area contributed by atoms with E-state index in [2.05, 4.69) is 43.3 Å². The summed E-state index contributed by atoms with van der Waals surface area (Å²) in [5.74, 6) is 1.07. The second-order valence-electron chi connectivity index (χ2n) is 6.67. The van der Waals surface area contributed by atoms with E-state index in [0.29, 0.717) is 17.2 Å². The second-order valence-corrected chi connectivity index (χ2v) is 6.67. The SMILES string of the molecule is CC1(C)CCC(c2cccc(-c3cnoc3N)c2)CC1. The molecule has 1 aromatic carbocycles. The highest BCUT2D eigenvalue weighted by Crippen LogP contribution is 2.43. The van der Waals surface area contributed by atoms with Gasteiger partial charge < -0.3 is 10.3 Å². The molecule has 20 heavy (non-hydrogen) atoms. The Morgan fingerprint density at radius 1 is 1.25 bits per heavy atom. The molecule has 1 fully saturated rings. The van der Waals surface area contributed by atoms with E-state index in [0.717, 1.165) is 11.1 Å². The average Bonchev–Trinajstić information content (AvgIpc) is 2.85. The fraction of sp³-hybridized carbons (Fsp3) is 0.471. The molecule has 2 N–H and O–H groups in total. The Labute approximate surface area is 120 Å². The maximum Gasteiger partial charge on any atom is 0.229 e. The van der Waals surface area contributed by atoms with Crippen molar-refractivity contribution in [3.8, 4) is 11.1 Å². The van der Waals surface area contributed by atoms with E-state index < -0.39 is 0 Å². The molecule has 0 atom stereocenters. The molecular weight excluding hydrogens is 248 g/mol. The summed E-state index contributed by atoms with van der Waals surface area (Å²) in [6.45, 7) is 4.75. The van der Waals surface area contributed by atoms with E-state index in [-0.39, 0.29) is 0 Å². The zero-order chi connectivity index (χ0) is 14.2. The van der Waals surface area contributed by atoms with Crippen LogP contribution in [0.15, 0.2) is 35.0 Å². The molecule has 0 aliphatic heterocycles. The number of nitrogens with zero attached hydrogens (tertiary/aromatic N) is 1. The summed E-state index contributed by atoms with van der Waals surface area (Å²) in [6, 6.07) is 8.65. The first kappa shape index (κ1) is 13.2. The number of anilines is 1. The van der Waals surface area contributed by atoms with Gasteiger partial charge in [-0.2, -0.15) is 0 Å².